The van der Waals surface area contributed by atoms with Gasteiger partial charge in [0.15, 0.2) is 0 Å². The summed E-state index contributed by atoms with van der Waals surface area (Å²) >= 11 is 0. The van der Waals surface area contributed by atoms with Crippen molar-refractivity contribution in [2.75, 3.05) is 0 Å². The summed E-state index contributed by atoms with van der Waals surface area (Å²) in [6, 6.07) is 8.20. The maximum absolute atomic E-state index is 12.2. The van der Waals surface area contributed by atoms with Gasteiger partial charge in [-0.1, -0.05) is 52.5 Å². The lowest BCUT2D eigenvalue weighted by molar-refractivity contribution is -0.124. The van der Waals surface area contributed by atoms with Crippen LogP contribution < -0.4 is 15.8 Å². The number of fused-ring (bicyclic) bond motifs is 1. The standard InChI is InChI=1S/C30H37N5O3/c1-17(2)30(24(15-31)27(32)38-28-26(30)18(3)34-35-28)22-10-19(9-21(11-22)16-36)7-8-20-12-23(13-20)33-25(37)14-29(4,5)6/h9-11,17,20,23,36H,12-14,16,32H2,1-6H3,(H,33,37)(H,34,35). The SMILES string of the molecule is Cc1[nH]nc2c1C(c1cc(C#CC3CC(NC(=O)CC(C)(C)C)C3)cc(CO)c1)(C(C)C)C(C#N)=C(N)O2. The zero-order chi connectivity index (χ0) is 27.8. The van der Waals surface area contributed by atoms with Crippen molar-refractivity contribution in [1.82, 2.24) is 15.5 Å². The first-order valence-electron chi connectivity index (χ1n) is 13.1. The van der Waals surface area contributed by atoms with Crippen LogP contribution in [0.3, 0.4) is 0 Å². The molecule has 1 amide bonds. The minimum Gasteiger partial charge on any atom is -0.420 e. The summed E-state index contributed by atoms with van der Waals surface area (Å²) in [7, 11) is 0. The van der Waals surface area contributed by atoms with Crippen molar-refractivity contribution >= 4 is 5.91 Å². The van der Waals surface area contributed by atoms with E-state index in [2.05, 4.69) is 54.2 Å². The Bertz CT molecular complexity index is 1370. The van der Waals surface area contributed by atoms with Crippen LogP contribution in [0.5, 0.6) is 5.88 Å². The molecule has 5 N–H and O–H groups in total. The summed E-state index contributed by atoms with van der Waals surface area (Å²) in [5, 5.41) is 30.7. The molecule has 4 rings (SSSR count). The Kier molecular flexibility index (Phi) is 7.32. The number of benzene rings is 1. The number of aromatic amines is 1. The molecule has 1 saturated carbocycles. The molecule has 1 fully saturated rings. The normalized spacial score (nSPS) is 22.5. The molecule has 38 heavy (non-hydrogen) atoms. The third-order valence-corrected chi connectivity index (χ3v) is 7.38. The minimum atomic E-state index is -0.927. The van der Waals surface area contributed by atoms with Crippen LogP contribution in [0.25, 0.3) is 0 Å². The molecule has 0 bridgehead atoms. The number of aliphatic hydroxyl groups is 1. The average Bonchev–Trinajstić information content (AvgIpc) is 3.17. The van der Waals surface area contributed by atoms with Gasteiger partial charge in [-0.2, -0.15) is 5.26 Å². The van der Waals surface area contributed by atoms with Crippen molar-refractivity contribution in [3.8, 4) is 23.8 Å². The number of hydrogen-bond acceptors (Lipinski definition) is 6. The molecule has 0 radical (unpaired) electrons. The van der Waals surface area contributed by atoms with Gasteiger partial charge in [-0.15, -0.1) is 5.10 Å². The van der Waals surface area contributed by atoms with Crippen LogP contribution in [-0.2, 0) is 16.8 Å². The van der Waals surface area contributed by atoms with E-state index in [9.17, 15) is 15.2 Å². The van der Waals surface area contributed by atoms with Crippen molar-refractivity contribution < 1.29 is 14.6 Å². The van der Waals surface area contributed by atoms with Gasteiger partial charge in [0.05, 0.1) is 17.6 Å². The summed E-state index contributed by atoms with van der Waals surface area (Å²) in [5.41, 5.74) is 9.39. The zero-order valence-electron chi connectivity index (χ0n) is 23.0. The molecule has 1 atom stereocenters. The number of H-pyrrole nitrogens is 1. The Morgan fingerprint density at radius 1 is 1.34 bits per heavy atom. The van der Waals surface area contributed by atoms with Gasteiger partial charge in [-0.25, -0.2) is 0 Å². The maximum Gasteiger partial charge on any atom is 0.244 e. The number of hydrogen-bond donors (Lipinski definition) is 4. The molecular formula is C30H37N5O3. The number of nitrogens with one attached hydrogen (secondary N) is 2. The Hall–Kier alpha value is -3.75. The number of carbonyl (C=O) groups is 1. The highest BCUT2D eigenvalue weighted by atomic mass is 16.5. The van der Waals surface area contributed by atoms with E-state index in [4.69, 9.17) is 10.5 Å². The van der Waals surface area contributed by atoms with Gasteiger partial charge in [0.1, 0.15) is 11.6 Å². The Labute approximate surface area is 224 Å². The molecule has 0 spiro atoms. The molecule has 2 aromatic rings. The van der Waals surface area contributed by atoms with Crippen molar-refractivity contribution in [2.24, 2.45) is 23.0 Å². The zero-order valence-corrected chi connectivity index (χ0v) is 23.0. The topological polar surface area (TPSA) is 137 Å². The molecule has 1 unspecified atom stereocenters. The smallest absolute Gasteiger partial charge is 0.244 e. The van der Waals surface area contributed by atoms with Gasteiger partial charge in [-0.05, 0) is 54.4 Å². The van der Waals surface area contributed by atoms with Crippen molar-refractivity contribution in [1.29, 1.82) is 5.26 Å². The largest absolute Gasteiger partial charge is 0.420 e. The minimum absolute atomic E-state index is 0.0243. The fraction of sp³-hybridized carbons (Fsp3) is 0.500. The van der Waals surface area contributed by atoms with Crippen molar-refractivity contribution in [3.05, 3.63) is 57.6 Å². The van der Waals surface area contributed by atoms with Gasteiger partial charge in [-0.3, -0.25) is 9.89 Å². The molecular weight excluding hydrogens is 478 g/mol. The lowest BCUT2D eigenvalue weighted by atomic mass is 9.61. The van der Waals surface area contributed by atoms with E-state index in [1.807, 2.05) is 39.0 Å². The molecule has 2 heterocycles. The number of nitrogens with two attached hydrogens (primary N) is 1. The number of aryl methyl sites for hydroxylation is 1. The number of carbonyl (C=O) groups excluding carboxylic acids is 1. The number of rotatable bonds is 5. The highest BCUT2D eigenvalue weighted by Gasteiger charge is 2.50. The first kappa shape index (κ1) is 27.3. The molecule has 1 aliphatic carbocycles. The number of amides is 1. The fourth-order valence-corrected chi connectivity index (χ4v) is 5.64. The van der Waals surface area contributed by atoms with Crippen LogP contribution in [-0.4, -0.2) is 27.3 Å². The second kappa shape index (κ2) is 10.2. The molecule has 8 heteroatoms. The molecule has 2 aliphatic rings. The van der Waals surface area contributed by atoms with Gasteiger partial charge >= 0.3 is 0 Å². The van der Waals surface area contributed by atoms with Crippen LogP contribution >= 0.6 is 0 Å². The number of aromatic nitrogens is 2. The molecule has 1 aromatic carbocycles. The van der Waals surface area contributed by atoms with E-state index >= 15 is 0 Å². The van der Waals surface area contributed by atoms with Crippen LogP contribution in [0.15, 0.2) is 29.7 Å². The first-order chi connectivity index (χ1) is 17.9. The summed E-state index contributed by atoms with van der Waals surface area (Å²) < 4.78 is 5.72. The van der Waals surface area contributed by atoms with Crippen LogP contribution in [0.1, 0.15) is 81.8 Å². The monoisotopic (exact) mass is 515 g/mol. The molecule has 0 saturated heterocycles. The molecule has 1 aromatic heterocycles. The van der Waals surface area contributed by atoms with Gasteiger partial charge in [0.25, 0.3) is 0 Å². The summed E-state index contributed by atoms with van der Waals surface area (Å²) in [5.74, 6) is 7.18. The second-order valence-electron chi connectivity index (χ2n) is 12.0. The van der Waals surface area contributed by atoms with E-state index < -0.39 is 5.41 Å². The Morgan fingerprint density at radius 3 is 2.66 bits per heavy atom. The number of aliphatic hydroxyl groups excluding tert-OH is 1. The second-order valence-corrected chi connectivity index (χ2v) is 12.0. The van der Waals surface area contributed by atoms with Crippen LogP contribution in [0.4, 0.5) is 0 Å². The first-order valence-corrected chi connectivity index (χ1v) is 13.1. The number of nitrogens with zero attached hydrogens (tertiary/aromatic N) is 2. The highest BCUT2D eigenvalue weighted by molar-refractivity contribution is 5.77. The lowest BCUT2D eigenvalue weighted by Crippen LogP contribution is -2.44. The molecule has 8 nitrogen and oxygen atoms in total. The number of ether oxygens (including phenoxy) is 1. The number of allylic oxidation sites excluding steroid dienone is 1. The Balaban J connectivity index is 1.67. The Morgan fingerprint density at radius 2 is 2.05 bits per heavy atom. The van der Waals surface area contributed by atoms with E-state index in [1.54, 1.807) is 0 Å². The van der Waals surface area contributed by atoms with Crippen LogP contribution in [0.2, 0.25) is 0 Å². The predicted octanol–water partition coefficient (Wildman–Crippen LogP) is 3.92. The van der Waals surface area contributed by atoms with Gasteiger partial charge in [0.2, 0.25) is 17.7 Å². The predicted molar refractivity (Wildman–Crippen MR) is 144 cm³/mol. The third-order valence-electron chi connectivity index (χ3n) is 7.38. The molecule has 200 valence electrons. The summed E-state index contributed by atoms with van der Waals surface area (Å²) in [6.07, 6.45) is 2.14. The average molecular weight is 516 g/mol. The highest BCUT2D eigenvalue weighted by Crippen LogP contribution is 2.52. The number of nitriles is 1. The van der Waals surface area contributed by atoms with Gasteiger partial charge in [0, 0.05) is 29.6 Å². The van der Waals surface area contributed by atoms with E-state index in [-0.39, 0.29) is 41.7 Å². The van der Waals surface area contributed by atoms with Crippen molar-refractivity contribution in [3.63, 3.8) is 0 Å². The third kappa shape index (κ3) is 5.01. The van der Waals surface area contributed by atoms with Crippen LogP contribution in [0, 0.1) is 47.3 Å². The summed E-state index contributed by atoms with van der Waals surface area (Å²) in [4.78, 5) is 12.2. The quantitative estimate of drug-likeness (QED) is 0.446. The van der Waals surface area contributed by atoms with E-state index in [0.29, 0.717) is 23.4 Å². The van der Waals surface area contributed by atoms with E-state index in [0.717, 1.165) is 35.2 Å². The fourth-order valence-electron chi connectivity index (χ4n) is 5.64. The van der Waals surface area contributed by atoms with Gasteiger partial charge < -0.3 is 20.9 Å². The van der Waals surface area contributed by atoms with E-state index in [1.165, 1.54) is 0 Å². The molecule has 1 aliphatic heterocycles. The lowest BCUT2D eigenvalue weighted by Gasteiger charge is -2.41. The summed E-state index contributed by atoms with van der Waals surface area (Å²) in [6.45, 7) is 12.0. The maximum atomic E-state index is 12.2. The van der Waals surface area contributed by atoms with Crippen molar-refractivity contribution in [2.45, 2.75) is 78.9 Å².